The third-order valence-electron chi connectivity index (χ3n) is 6.93. The smallest absolute Gasteiger partial charge is 0.244 e. The van der Waals surface area contributed by atoms with Gasteiger partial charge in [-0.05, 0) is 56.5 Å². The van der Waals surface area contributed by atoms with Crippen LogP contribution in [0.15, 0.2) is 72.8 Å². The Bertz CT molecular complexity index is 1480. The van der Waals surface area contributed by atoms with E-state index >= 15 is 0 Å². The van der Waals surface area contributed by atoms with Crippen molar-refractivity contribution in [3.8, 4) is 11.5 Å². The summed E-state index contributed by atoms with van der Waals surface area (Å²) < 4.78 is 38.6. The van der Waals surface area contributed by atoms with Gasteiger partial charge in [0, 0.05) is 25.1 Å². The van der Waals surface area contributed by atoms with E-state index in [9.17, 15) is 18.0 Å². The van der Waals surface area contributed by atoms with Crippen LogP contribution in [-0.2, 0) is 32.6 Å². The van der Waals surface area contributed by atoms with Gasteiger partial charge in [-0.25, -0.2) is 8.42 Å². The van der Waals surface area contributed by atoms with Crippen LogP contribution < -0.4 is 19.1 Å². The van der Waals surface area contributed by atoms with E-state index in [2.05, 4.69) is 5.32 Å². The molecule has 0 aromatic heterocycles. The number of hydrogen-bond donors (Lipinski definition) is 1. The van der Waals surface area contributed by atoms with Gasteiger partial charge in [0.15, 0.2) is 11.5 Å². The normalized spacial score (nSPS) is 13.1. The first kappa shape index (κ1) is 29.9. The zero-order chi connectivity index (χ0) is 29.6. The van der Waals surface area contributed by atoms with Gasteiger partial charge >= 0.3 is 0 Å². The van der Waals surface area contributed by atoms with Crippen molar-refractivity contribution >= 4 is 27.5 Å². The first-order chi connectivity index (χ1) is 19.6. The van der Waals surface area contributed by atoms with Crippen molar-refractivity contribution in [3.63, 3.8) is 0 Å². The standard InChI is InChI=1S/C31H37N3O6S/c1-5-41(37,38)34(26-15-16-28-29(18-26)40-21-39-28)20-30(35)33(19-25-14-10-9-11-23(25)4)27(31(36)32-22(2)3)17-24-12-7-6-8-13-24/h6-16,18,22,27H,5,17,19-21H2,1-4H3,(H,32,36). The van der Waals surface area contributed by atoms with Crippen LogP contribution in [0.1, 0.15) is 37.5 Å². The summed E-state index contributed by atoms with van der Waals surface area (Å²) in [6, 6.07) is 20.9. The average molecular weight is 580 g/mol. The minimum absolute atomic E-state index is 0.0363. The number of nitrogens with zero attached hydrogens (tertiary/aromatic N) is 2. The molecule has 0 saturated heterocycles. The number of aryl methyl sites for hydroxylation is 1. The highest BCUT2D eigenvalue weighted by molar-refractivity contribution is 7.92. The second-order valence-electron chi connectivity index (χ2n) is 10.3. The van der Waals surface area contributed by atoms with Gasteiger partial charge in [0.1, 0.15) is 12.6 Å². The predicted octanol–water partition coefficient (Wildman–Crippen LogP) is 4.04. The largest absolute Gasteiger partial charge is 0.454 e. The molecule has 218 valence electrons. The van der Waals surface area contributed by atoms with E-state index in [4.69, 9.17) is 9.47 Å². The van der Waals surface area contributed by atoms with Gasteiger partial charge < -0.3 is 19.7 Å². The molecule has 1 aliphatic heterocycles. The lowest BCUT2D eigenvalue weighted by Crippen LogP contribution is -2.54. The molecular formula is C31H37N3O6S. The molecule has 3 aromatic rings. The third kappa shape index (κ3) is 7.38. The van der Waals surface area contributed by atoms with E-state index in [-0.39, 0.29) is 43.1 Å². The fraction of sp³-hybridized carbons (Fsp3) is 0.355. The Hall–Kier alpha value is -4.05. The van der Waals surface area contributed by atoms with Gasteiger partial charge in [-0.1, -0.05) is 54.6 Å². The van der Waals surface area contributed by atoms with Gasteiger partial charge in [-0.3, -0.25) is 13.9 Å². The summed E-state index contributed by atoms with van der Waals surface area (Å²) in [6.07, 6.45) is 0.265. The van der Waals surface area contributed by atoms with Crippen LogP contribution in [0.3, 0.4) is 0 Å². The average Bonchev–Trinajstić information content (AvgIpc) is 3.42. The number of nitrogens with one attached hydrogen (secondary N) is 1. The van der Waals surface area contributed by atoms with E-state index in [1.54, 1.807) is 18.2 Å². The van der Waals surface area contributed by atoms with E-state index in [1.165, 1.54) is 11.8 Å². The fourth-order valence-electron chi connectivity index (χ4n) is 4.67. The number of fused-ring (bicyclic) bond motifs is 1. The lowest BCUT2D eigenvalue weighted by atomic mass is 10.0. The van der Waals surface area contributed by atoms with Crippen molar-refractivity contribution < 1.29 is 27.5 Å². The third-order valence-corrected chi connectivity index (χ3v) is 8.67. The maximum atomic E-state index is 14.2. The molecule has 1 unspecified atom stereocenters. The number of carbonyl (C=O) groups is 2. The molecular weight excluding hydrogens is 542 g/mol. The predicted molar refractivity (Wildman–Crippen MR) is 158 cm³/mol. The van der Waals surface area contributed by atoms with Crippen LogP contribution in [0.25, 0.3) is 0 Å². The van der Waals surface area contributed by atoms with Crippen molar-refractivity contribution in [1.82, 2.24) is 10.2 Å². The van der Waals surface area contributed by atoms with Crippen LogP contribution in [0.4, 0.5) is 5.69 Å². The molecule has 3 aromatic carbocycles. The van der Waals surface area contributed by atoms with Gasteiger partial charge in [-0.15, -0.1) is 0 Å². The lowest BCUT2D eigenvalue weighted by Gasteiger charge is -2.34. The van der Waals surface area contributed by atoms with Crippen LogP contribution in [-0.4, -0.2) is 56.3 Å². The first-order valence-corrected chi connectivity index (χ1v) is 15.3. The molecule has 1 N–H and O–H groups in total. The molecule has 1 atom stereocenters. The summed E-state index contributed by atoms with van der Waals surface area (Å²) in [6.45, 7) is 6.88. The topological polar surface area (TPSA) is 105 Å². The fourth-order valence-corrected chi connectivity index (χ4v) is 5.72. The Morgan fingerprint density at radius 2 is 1.63 bits per heavy atom. The molecule has 0 bridgehead atoms. The van der Waals surface area contributed by atoms with Crippen LogP contribution in [0.2, 0.25) is 0 Å². The Labute approximate surface area is 242 Å². The van der Waals surface area contributed by atoms with Gasteiger partial charge in [0.25, 0.3) is 0 Å². The summed E-state index contributed by atoms with van der Waals surface area (Å²) in [5.41, 5.74) is 2.99. The van der Waals surface area contributed by atoms with Crippen LogP contribution in [0, 0.1) is 6.92 Å². The Morgan fingerprint density at radius 1 is 0.951 bits per heavy atom. The van der Waals surface area contributed by atoms with Crippen molar-refractivity contribution in [2.75, 3.05) is 23.4 Å². The zero-order valence-electron chi connectivity index (χ0n) is 23.9. The maximum absolute atomic E-state index is 14.2. The summed E-state index contributed by atoms with van der Waals surface area (Å²) in [5, 5.41) is 2.96. The quantitative estimate of drug-likeness (QED) is 0.347. The van der Waals surface area contributed by atoms with Gasteiger partial charge in [0.05, 0.1) is 11.4 Å². The Balaban J connectivity index is 1.75. The molecule has 0 fully saturated rings. The van der Waals surface area contributed by atoms with Crippen LogP contribution >= 0.6 is 0 Å². The number of sulfonamides is 1. The Morgan fingerprint density at radius 3 is 2.32 bits per heavy atom. The minimum Gasteiger partial charge on any atom is -0.454 e. The molecule has 0 radical (unpaired) electrons. The van der Waals surface area contributed by atoms with Gasteiger partial charge in [-0.2, -0.15) is 0 Å². The Kier molecular flexibility index (Phi) is 9.54. The number of anilines is 1. The van der Waals surface area contributed by atoms with E-state index in [0.29, 0.717) is 11.5 Å². The van der Waals surface area contributed by atoms with Crippen LogP contribution in [0.5, 0.6) is 11.5 Å². The van der Waals surface area contributed by atoms with E-state index < -0.39 is 28.5 Å². The lowest BCUT2D eigenvalue weighted by molar-refractivity contribution is -0.140. The SMILES string of the molecule is CCS(=O)(=O)N(CC(=O)N(Cc1ccccc1C)C(Cc1ccccc1)C(=O)NC(C)C)c1ccc2c(c1)OCO2. The zero-order valence-corrected chi connectivity index (χ0v) is 24.7. The first-order valence-electron chi connectivity index (χ1n) is 13.7. The molecule has 4 rings (SSSR count). The summed E-state index contributed by atoms with van der Waals surface area (Å²) in [5.74, 6) is -0.112. The highest BCUT2D eigenvalue weighted by Gasteiger charge is 2.34. The number of carbonyl (C=O) groups excluding carboxylic acids is 2. The minimum atomic E-state index is -3.88. The molecule has 1 heterocycles. The molecule has 0 aliphatic carbocycles. The van der Waals surface area contributed by atoms with Gasteiger partial charge in [0.2, 0.25) is 28.6 Å². The monoisotopic (exact) mass is 579 g/mol. The second-order valence-corrected chi connectivity index (χ2v) is 12.4. The van der Waals surface area contributed by atoms with E-state index in [0.717, 1.165) is 21.0 Å². The molecule has 41 heavy (non-hydrogen) atoms. The molecule has 2 amide bonds. The number of rotatable bonds is 12. The highest BCUT2D eigenvalue weighted by Crippen LogP contribution is 2.36. The summed E-state index contributed by atoms with van der Waals surface area (Å²) >= 11 is 0. The number of amides is 2. The number of ether oxygens (including phenoxy) is 2. The van der Waals surface area contributed by atoms with Crippen molar-refractivity contribution in [2.24, 2.45) is 0 Å². The number of benzene rings is 3. The van der Waals surface area contributed by atoms with E-state index in [1.807, 2.05) is 75.4 Å². The summed E-state index contributed by atoms with van der Waals surface area (Å²) in [4.78, 5) is 29.4. The molecule has 9 nitrogen and oxygen atoms in total. The maximum Gasteiger partial charge on any atom is 0.244 e. The summed E-state index contributed by atoms with van der Waals surface area (Å²) in [7, 11) is -3.88. The van der Waals surface area contributed by atoms with Crippen molar-refractivity contribution in [3.05, 3.63) is 89.5 Å². The molecule has 1 aliphatic rings. The molecule has 10 heteroatoms. The van der Waals surface area contributed by atoms with Crippen molar-refractivity contribution in [1.29, 1.82) is 0 Å². The molecule has 0 saturated carbocycles. The molecule has 0 spiro atoms. The second kappa shape index (κ2) is 13.1. The highest BCUT2D eigenvalue weighted by atomic mass is 32.2. The number of hydrogen-bond acceptors (Lipinski definition) is 6. The van der Waals surface area contributed by atoms with Crippen molar-refractivity contribution in [2.45, 2.75) is 52.7 Å².